The second-order valence-corrected chi connectivity index (χ2v) is 7.18. The molecule has 0 aliphatic heterocycles. The van der Waals surface area contributed by atoms with Crippen LogP contribution in [0.1, 0.15) is 27.5 Å². The maximum atomic E-state index is 12.7. The number of nitrogens with one attached hydrogen (secondary N) is 2. The molecule has 1 atom stereocenters. The molecule has 0 saturated carbocycles. The van der Waals surface area contributed by atoms with Gasteiger partial charge >= 0.3 is 0 Å². The molecule has 2 aromatic carbocycles. The van der Waals surface area contributed by atoms with E-state index in [-0.39, 0.29) is 11.9 Å². The predicted molar refractivity (Wildman–Crippen MR) is 117 cm³/mol. The van der Waals surface area contributed by atoms with Gasteiger partial charge in [-0.3, -0.25) is 9.78 Å². The number of nitrogens with zero attached hydrogens (tertiary/aromatic N) is 3. The highest BCUT2D eigenvalue weighted by atomic mass is 16.1. The number of carbonyl (C=O) groups excluding carboxylic acids is 1. The Morgan fingerprint density at radius 1 is 1.07 bits per heavy atom. The maximum absolute atomic E-state index is 12.7. The van der Waals surface area contributed by atoms with Crippen molar-refractivity contribution in [3.8, 4) is 11.3 Å². The van der Waals surface area contributed by atoms with E-state index in [1.165, 1.54) is 11.1 Å². The largest absolute Gasteiger partial charge is 0.371 e. The molecule has 0 saturated heterocycles. The maximum Gasteiger partial charge on any atom is 0.251 e. The van der Waals surface area contributed by atoms with E-state index in [0.717, 1.165) is 11.3 Å². The minimum Gasteiger partial charge on any atom is -0.371 e. The zero-order valence-corrected chi connectivity index (χ0v) is 17.3. The Morgan fingerprint density at radius 2 is 1.79 bits per heavy atom. The van der Waals surface area contributed by atoms with Crippen LogP contribution in [0.15, 0.2) is 60.9 Å². The molecule has 0 aliphatic carbocycles. The van der Waals surface area contributed by atoms with Crippen LogP contribution in [0, 0.1) is 6.92 Å². The molecule has 0 fully saturated rings. The van der Waals surface area contributed by atoms with Crippen molar-refractivity contribution in [2.45, 2.75) is 13.0 Å². The standard InChI is InChI=1S/C23H27N5O/c1-16-6-5-7-19(14-16)20(28(3)4)15-27-23(29)18-10-8-17(9-11-18)21-22(24-2)26-13-12-25-21/h5-14,20H,15H2,1-4H3,(H,24,26)(H,27,29)/t20-/m0/s1. The Bertz CT molecular complexity index is 969. The fraction of sp³-hybridized carbons (Fsp3) is 0.261. The number of aryl methyl sites for hydroxylation is 1. The summed E-state index contributed by atoms with van der Waals surface area (Å²) >= 11 is 0. The molecule has 1 heterocycles. The van der Waals surface area contributed by atoms with Crippen molar-refractivity contribution >= 4 is 11.7 Å². The first-order chi connectivity index (χ1) is 14.0. The zero-order valence-electron chi connectivity index (χ0n) is 17.3. The fourth-order valence-corrected chi connectivity index (χ4v) is 3.28. The molecule has 6 heteroatoms. The Morgan fingerprint density at radius 3 is 2.45 bits per heavy atom. The first-order valence-corrected chi connectivity index (χ1v) is 9.60. The van der Waals surface area contributed by atoms with Gasteiger partial charge in [-0.05, 0) is 38.7 Å². The van der Waals surface area contributed by atoms with Crippen molar-refractivity contribution in [1.29, 1.82) is 0 Å². The fourth-order valence-electron chi connectivity index (χ4n) is 3.28. The summed E-state index contributed by atoms with van der Waals surface area (Å²) in [4.78, 5) is 23.4. The van der Waals surface area contributed by atoms with E-state index >= 15 is 0 Å². The van der Waals surface area contributed by atoms with Crippen LogP contribution in [-0.4, -0.2) is 48.5 Å². The lowest BCUT2D eigenvalue weighted by Gasteiger charge is -2.25. The third kappa shape index (κ3) is 4.97. The quantitative estimate of drug-likeness (QED) is 0.647. The van der Waals surface area contributed by atoms with Gasteiger partial charge in [0.05, 0.1) is 6.04 Å². The van der Waals surface area contributed by atoms with Crippen LogP contribution in [-0.2, 0) is 0 Å². The molecule has 1 amide bonds. The predicted octanol–water partition coefficient (Wildman–Crippen LogP) is 3.53. The Hall–Kier alpha value is -3.25. The molecule has 0 bridgehead atoms. The van der Waals surface area contributed by atoms with Crippen molar-refractivity contribution in [3.05, 3.63) is 77.6 Å². The summed E-state index contributed by atoms with van der Waals surface area (Å²) in [6.07, 6.45) is 3.30. The summed E-state index contributed by atoms with van der Waals surface area (Å²) in [5.41, 5.74) is 4.68. The summed E-state index contributed by atoms with van der Waals surface area (Å²) in [5, 5.41) is 6.10. The van der Waals surface area contributed by atoms with Crippen molar-refractivity contribution in [2.75, 3.05) is 33.0 Å². The summed E-state index contributed by atoms with van der Waals surface area (Å²) in [6.45, 7) is 2.61. The normalized spacial score (nSPS) is 11.9. The van der Waals surface area contributed by atoms with Gasteiger partial charge in [-0.25, -0.2) is 4.98 Å². The minimum absolute atomic E-state index is 0.0935. The molecule has 29 heavy (non-hydrogen) atoms. The van der Waals surface area contributed by atoms with Gasteiger partial charge in [-0.15, -0.1) is 0 Å². The van der Waals surface area contributed by atoms with Gasteiger partial charge in [-0.1, -0.05) is 42.0 Å². The Kier molecular flexibility index (Phi) is 6.57. The highest BCUT2D eigenvalue weighted by Gasteiger charge is 2.16. The second-order valence-electron chi connectivity index (χ2n) is 7.18. The van der Waals surface area contributed by atoms with E-state index in [1.807, 2.05) is 51.5 Å². The third-order valence-electron chi connectivity index (χ3n) is 4.86. The number of anilines is 1. The zero-order chi connectivity index (χ0) is 20.8. The van der Waals surface area contributed by atoms with Gasteiger partial charge in [0.1, 0.15) is 5.69 Å². The molecule has 0 unspecified atom stereocenters. The van der Waals surface area contributed by atoms with E-state index in [4.69, 9.17) is 0 Å². The number of rotatable bonds is 7. The second kappa shape index (κ2) is 9.30. The smallest absolute Gasteiger partial charge is 0.251 e. The first-order valence-electron chi connectivity index (χ1n) is 9.60. The SMILES string of the molecule is CNc1nccnc1-c1ccc(C(=O)NC[C@@H](c2cccc(C)c2)N(C)C)cc1. The lowest BCUT2D eigenvalue weighted by molar-refractivity contribution is 0.0942. The molecular formula is C23H27N5O. The molecule has 0 aliphatic rings. The van der Waals surface area contributed by atoms with E-state index in [0.29, 0.717) is 17.9 Å². The lowest BCUT2D eigenvalue weighted by Crippen LogP contribution is -2.34. The van der Waals surface area contributed by atoms with E-state index in [2.05, 4.69) is 50.6 Å². The summed E-state index contributed by atoms with van der Waals surface area (Å²) in [5.74, 6) is 0.612. The van der Waals surface area contributed by atoms with Gasteiger partial charge in [0.25, 0.3) is 5.91 Å². The molecule has 150 valence electrons. The molecule has 3 rings (SSSR count). The summed E-state index contributed by atoms with van der Waals surface area (Å²) in [7, 11) is 5.85. The van der Waals surface area contributed by atoms with E-state index in [1.54, 1.807) is 12.4 Å². The number of carbonyl (C=O) groups is 1. The van der Waals surface area contributed by atoms with Crippen LogP contribution in [0.25, 0.3) is 11.3 Å². The Labute approximate surface area is 172 Å². The molecule has 0 radical (unpaired) electrons. The van der Waals surface area contributed by atoms with Crippen molar-refractivity contribution in [3.63, 3.8) is 0 Å². The molecular weight excluding hydrogens is 362 g/mol. The van der Waals surface area contributed by atoms with Gasteiger partial charge in [-0.2, -0.15) is 0 Å². The molecule has 6 nitrogen and oxygen atoms in total. The van der Waals surface area contributed by atoms with E-state index in [9.17, 15) is 4.79 Å². The molecule has 3 aromatic rings. The van der Waals surface area contributed by atoms with Crippen LogP contribution in [0.5, 0.6) is 0 Å². The van der Waals surface area contributed by atoms with E-state index < -0.39 is 0 Å². The van der Waals surface area contributed by atoms with Crippen LogP contribution < -0.4 is 10.6 Å². The van der Waals surface area contributed by atoms with Crippen LogP contribution in [0.3, 0.4) is 0 Å². The molecule has 0 spiro atoms. The average Bonchev–Trinajstić information content (AvgIpc) is 2.73. The van der Waals surface area contributed by atoms with Gasteiger partial charge in [0, 0.05) is 37.1 Å². The molecule has 1 aromatic heterocycles. The van der Waals surface area contributed by atoms with Gasteiger partial charge in [0.2, 0.25) is 0 Å². The van der Waals surface area contributed by atoms with Crippen LogP contribution in [0.4, 0.5) is 5.82 Å². The van der Waals surface area contributed by atoms with Crippen molar-refractivity contribution in [1.82, 2.24) is 20.2 Å². The third-order valence-corrected chi connectivity index (χ3v) is 4.86. The molecule has 2 N–H and O–H groups in total. The minimum atomic E-state index is -0.0935. The highest BCUT2D eigenvalue weighted by Crippen LogP contribution is 2.23. The number of aromatic nitrogens is 2. The van der Waals surface area contributed by atoms with Crippen molar-refractivity contribution in [2.24, 2.45) is 0 Å². The average molecular weight is 390 g/mol. The lowest BCUT2D eigenvalue weighted by atomic mass is 10.0. The number of amides is 1. The summed E-state index contributed by atoms with van der Waals surface area (Å²) in [6, 6.07) is 15.9. The number of likely N-dealkylation sites (N-methyl/N-ethyl adjacent to an activating group) is 1. The number of hydrogen-bond acceptors (Lipinski definition) is 5. The van der Waals surface area contributed by atoms with Crippen LogP contribution >= 0.6 is 0 Å². The number of hydrogen-bond donors (Lipinski definition) is 2. The van der Waals surface area contributed by atoms with Gasteiger partial charge in [0.15, 0.2) is 5.82 Å². The van der Waals surface area contributed by atoms with Gasteiger partial charge < -0.3 is 15.5 Å². The van der Waals surface area contributed by atoms with Crippen molar-refractivity contribution < 1.29 is 4.79 Å². The first kappa shape index (κ1) is 20.5. The topological polar surface area (TPSA) is 70.1 Å². The Balaban J connectivity index is 1.70. The van der Waals surface area contributed by atoms with Crippen LogP contribution in [0.2, 0.25) is 0 Å². The highest BCUT2D eigenvalue weighted by molar-refractivity contribution is 5.94. The monoisotopic (exact) mass is 389 g/mol. The number of benzene rings is 2. The summed E-state index contributed by atoms with van der Waals surface area (Å²) < 4.78 is 0.